The smallest absolute Gasteiger partial charge is 0.251 e. The van der Waals surface area contributed by atoms with Gasteiger partial charge in [-0.25, -0.2) is 0 Å². The van der Waals surface area contributed by atoms with Crippen molar-refractivity contribution in [3.63, 3.8) is 0 Å². The molecule has 0 aromatic heterocycles. The maximum absolute atomic E-state index is 11.9. The van der Waals surface area contributed by atoms with Crippen LogP contribution in [0.5, 0.6) is 0 Å². The van der Waals surface area contributed by atoms with Crippen molar-refractivity contribution < 1.29 is 9.90 Å². The topological polar surface area (TPSA) is 52.6 Å². The second-order valence-electron chi connectivity index (χ2n) is 5.70. The predicted molar refractivity (Wildman–Crippen MR) is 66.6 cm³/mol. The predicted octanol–water partition coefficient (Wildman–Crippen LogP) is 0.749. The number of hydrogen-bond donors (Lipinski definition) is 2. The summed E-state index contributed by atoms with van der Waals surface area (Å²) in [6, 6.07) is 0. The third-order valence-corrected chi connectivity index (χ3v) is 4.24. The van der Waals surface area contributed by atoms with Gasteiger partial charge in [0, 0.05) is 6.54 Å². The Hall–Kier alpha value is -0.610. The molecule has 0 aromatic carbocycles. The van der Waals surface area contributed by atoms with E-state index in [1.54, 1.807) is 0 Å². The third kappa shape index (κ3) is 3.19. The first-order valence-electron chi connectivity index (χ1n) is 6.79. The monoisotopic (exact) mass is 240 g/mol. The molecule has 0 atom stereocenters. The molecule has 1 saturated carbocycles. The molecule has 4 nitrogen and oxygen atoms in total. The number of nitrogens with one attached hydrogen (secondary N) is 1. The van der Waals surface area contributed by atoms with Crippen molar-refractivity contribution in [1.29, 1.82) is 0 Å². The summed E-state index contributed by atoms with van der Waals surface area (Å²) in [6.07, 6.45) is 5.50. The van der Waals surface area contributed by atoms with E-state index in [0.29, 0.717) is 18.8 Å². The zero-order chi connectivity index (χ0) is 12.3. The molecule has 2 rings (SSSR count). The van der Waals surface area contributed by atoms with Gasteiger partial charge in [0.15, 0.2) is 0 Å². The lowest BCUT2D eigenvalue weighted by Crippen LogP contribution is -2.47. The Balaban J connectivity index is 1.72. The summed E-state index contributed by atoms with van der Waals surface area (Å²) in [5.41, 5.74) is -1.06. The minimum atomic E-state index is -1.06. The van der Waals surface area contributed by atoms with Crippen LogP contribution in [0.1, 0.15) is 38.5 Å². The SMILES string of the molecule is CN1CCC(CNC(=O)C2(O)CCCC2)CC1. The second-order valence-corrected chi connectivity index (χ2v) is 5.70. The Labute approximate surface area is 103 Å². The molecule has 1 saturated heterocycles. The van der Waals surface area contributed by atoms with Crippen molar-refractivity contribution in [1.82, 2.24) is 10.2 Å². The number of carbonyl (C=O) groups is 1. The van der Waals surface area contributed by atoms with Crippen LogP contribution in [-0.2, 0) is 4.79 Å². The first-order chi connectivity index (χ1) is 8.10. The van der Waals surface area contributed by atoms with Crippen molar-refractivity contribution >= 4 is 5.91 Å². The molecule has 0 spiro atoms. The highest BCUT2D eigenvalue weighted by Gasteiger charge is 2.38. The molecule has 0 radical (unpaired) electrons. The Morgan fingerprint density at radius 3 is 2.53 bits per heavy atom. The highest BCUT2D eigenvalue weighted by atomic mass is 16.3. The third-order valence-electron chi connectivity index (χ3n) is 4.24. The highest BCUT2D eigenvalue weighted by molar-refractivity contribution is 5.85. The highest BCUT2D eigenvalue weighted by Crippen LogP contribution is 2.29. The molecular formula is C13H24N2O2. The molecule has 0 unspecified atom stereocenters. The maximum atomic E-state index is 11.9. The zero-order valence-corrected chi connectivity index (χ0v) is 10.7. The lowest BCUT2D eigenvalue weighted by molar-refractivity contribution is -0.139. The lowest BCUT2D eigenvalue weighted by atomic mass is 9.96. The van der Waals surface area contributed by atoms with Crippen molar-refractivity contribution in [2.75, 3.05) is 26.7 Å². The van der Waals surface area contributed by atoms with Gasteiger partial charge in [0.05, 0.1) is 0 Å². The van der Waals surface area contributed by atoms with Gasteiger partial charge in [-0.2, -0.15) is 0 Å². The summed E-state index contributed by atoms with van der Waals surface area (Å²) >= 11 is 0. The molecule has 1 amide bonds. The van der Waals surface area contributed by atoms with Crippen LogP contribution in [0.4, 0.5) is 0 Å². The van der Waals surface area contributed by atoms with E-state index < -0.39 is 5.60 Å². The molecule has 4 heteroatoms. The van der Waals surface area contributed by atoms with Crippen LogP contribution in [-0.4, -0.2) is 48.2 Å². The normalized spacial score (nSPS) is 26.0. The number of nitrogens with zero attached hydrogens (tertiary/aromatic N) is 1. The summed E-state index contributed by atoms with van der Waals surface area (Å²) < 4.78 is 0. The number of amides is 1. The van der Waals surface area contributed by atoms with Crippen molar-refractivity contribution in [2.24, 2.45) is 5.92 Å². The van der Waals surface area contributed by atoms with Crippen LogP contribution in [0, 0.1) is 5.92 Å². The van der Waals surface area contributed by atoms with Crippen LogP contribution in [0.25, 0.3) is 0 Å². The van der Waals surface area contributed by atoms with Crippen LogP contribution in [0.3, 0.4) is 0 Å². The minimum absolute atomic E-state index is 0.145. The van der Waals surface area contributed by atoms with Crippen LogP contribution in [0.2, 0.25) is 0 Å². The first kappa shape index (κ1) is 12.8. The largest absolute Gasteiger partial charge is 0.380 e. The minimum Gasteiger partial charge on any atom is -0.380 e. The lowest BCUT2D eigenvalue weighted by Gasteiger charge is -2.30. The average Bonchev–Trinajstić information content (AvgIpc) is 2.76. The quantitative estimate of drug-likeness (QED) is 0.765. The molecule has 1 heterocycles. The molecule has 2 fully saturated rings. The molecule has 0 aromatic rings. The standard InChI is InChI=1S/C13H24N2O2/c1-15-8-4-11(5-9-15)10-14-12(16)13(17)6-2-3-7-13/h11,17H,2-10H2,1H3,(H,14,16). The van der Waals surface area contributed by atoms with Crippen LogP contribution >= 0.6 is 0 Å². The Kier molecular flexibility index (Phi) is 4.05. The molecule has 1 aliphatic heterocycles. The van der Waals surface area contributed by atoms with Gasteiger partial charge in [-0.1, -0.05) is 0 Å². The van der Waals surface area contributed by atoms with Gasteiger partial charge in [0.1, 0.15) is 5.60 Å². The fourth-order valence-electron chi connectivity index (χ4n) is 2.85. The summed E-state index contributed by atoms with van der Waals surface area (Å²) in [6.45, 7) is 2.96. The summed E-state index contributed by atoms with van der Waals surface area (Å²) in [7, 11) is 2.13. The molecule has 17 heavy (non-hydrogen) atoms. The van der Waals surface area contributed by atoms with Gasteiger partial charge in [0.2, 0.25) is 0 Å². The van der Waals surface area contributed by atoms with E-state index in [4.69, 9.17) is 0 Å². The fourth-order valence-corrected chi connectivity index (χ4v) is 2.85. The Bertz CT molecular complexity index is 267. The van der Waals surface area contributed by atoms with E-state index in [0.717, 1.165) is 45.3 Å². The first-order valence-corrected chi connectivity index (χ1v) is 6.79. The van der Waals surface area contributed by atoms with Gasteiger partial charge < -0.3 is 15.3 Å². The van der Waals surface area contributed by atoms with E-state index >= 15 is 0 Å². The number of piperidine rings is 1. The molecular weight excluding hydrogens is 216 g/mol. The van der Waals surface area contributed by atoms with E-state index in [1.165, 1.54) is 0 Å². The number of carbonyl (C=O) groups excluding carboxylic acids is 1. The molecule has 2 N–H and O–H groups in total. The number of rotatable bonds is 3. The average molecular weight is 240 g/mol. The molecule has 98 valence electrons. The Morgan fingerprint density at radius 1 is 1.35 bits per heavy atom. The Morgan fingerprint density at radius 2 is 1.94 bits per heavy atom. The zero-order valence-electron chi connectivity index (χ0n) is 10.7. The maximum Gasteiger partial charge on any atom is 0.251 e. The van der Waals surface area contributed by atoms with E-state index in [9.17, 15) is 9.90 Å². The summed E-state index contributed by atoms with van der Waals surface area (Å²) in [5.74, 6) is 0.439. The van der Waals surface area contributed by atoms with Crippen molar-refractivity contribution in [3.05, 3.63) is 0 Å². The fraction of sp³-hybridized carbons (Fsp3) is 0.923. The number of hydrogen-bond acceptors (Lipinski definition) is 3. The number of likely N-dealkylation sites (tertiary alicyclic amines) is 1. The molecule has 0 bridgehead atoms. The van der Waals surface area contributed by atoms with Crippen molar-refractivity contribution in [3.8, 4) is 0 Å². The summed E-state index contributed by atoms with van der Waals surface area (Å²) in [4.78, 5) is 14.2. The van der Waals surface area contributed by atoms with Gasteiger partial charge in [0.25, 0.3) is 5.91 Å². The van der Waals surface area contributed by atoms with E-state index in [1.807, 2.05) is 0 Å². The van der Waals surface area contributed by atoms with E-state index in [2.05, 4.69) is 17.3 Å². The molecule has 1 aliphatic carbocycles. The van der Waals surface area contributed by atoms with Gasteiger partial charge in [-0.05, 0) is 64.6 Å². The van der Waals surface area contributed by atoms with Gasteiger partial charge in [-0.15, -0.1) is 0 Å². The van der Waals surface area contributed by atoms with Gasteiger partial charge in [-0.3, -0.25) is 4.79 Å². The summed E-state index contributed by atoms with van der Waals surface area (Å²) in [5, 5.41) is 13.1. The molecule has 2 aliphatic rings. The van der Waals surface area contributed by atoms with E-state index in [-0.39, 0.29) is 5.91 Å². The van der Waals surface area contributed by atoms with Gasteiger partial charge >= 0.3 is 0 Å². The van der Waals surface area contributed by atoms with Crippen LogP contribution < -0.4 is 5.32 Å². The second kappa shape index (κ2) is 5.36. The van der Waals surface area contributed by atoms with Crippen LogP contribution in [0.15, 0.2) is 0 Å². The van der Waals surface area contributed by atoms with Crippen molar-refractivity contribution in [2.45, 2.75) is 44.1 Å². The number of aliphatic hydroxyl groups is 1.